The Hall–Kier alpha value is -9.20. The van der Waals surface area contributed by atoms with Gasteiger partial charge in [0.25, 0.3) is 0 Å². The minimum atomic E-state index is -5.72. The van der Waals surface area contributed by atoms with Gasteiger partial charge in [-0.25, -0.2) is 0 Å². The van der Waals surface area contributed by atoms with Gasteiger partial charge in [-0.05, 0) is 158 Å². The number of hydrogen-bond donors (Lipinski definition) is 2. The third kappa shape index (κ3) is 10.7. The van der Waals surface area contributed by atoms with Gasteiger partial charge in [0.05, 0.1) is 0 Å². The zero-order chi connectivity index (χ0) is 59.6. The van der Waals surface area contributed by atoms with Crippen molar-refractivity contribution in [2.45, 2.75) is 57.9 Å². The fourth-order valence-electron chi connectivity index (χ4n) is 11.6. The van der Waals surface area contributed by atoms with Crippen LogP contribution in [0.5, 0.6) is 5.75 Å². The maximum Gasteiger partial charge on any atom is 0.534 e. The van der Waals surface area contributed by atoms with E-state index in [0.29, 0.717) is 27.4 Å². The molecule has 12 heteroatoms. The summed E-state index contributed by atoms with van der Waals surface area (Å²) >= 11 is 0. The van der Waals surface area contributed by atoms with Crippen LogP contribution in [0.2, 0.25) is 0 Å². The summed E-state index contributed by atoms with van der Waals surface area (Å²) in [7, 11) is -7.22. The van der Waals surface area contributed by atoms with Gasteiger partial charge in [-0.15, -0.1) is 0 Å². The molecule has 2 aromatic heterocycles. The van der Waals surface area contributed by atoms with Gasteiger partial charge < -0.3 is 23.1 Å². The number of furan rings is 2. The second-order valence-electron chi connectivity index (χ2n) is 23.3. The van der Waals surface area contributed by atoms with E-state index in [-0.39, 0.29) is 10.8 Å². The fourth-order valence-corrected chi connectivity index (χ4v) is 12.0. The fraction of sp³-hybridized carbons (Fsp3) is 0.123. The summed E-state index contributed by atoms with van der Waals surface area (Å²) in [5, 5.41) is 32.3. The Balaban J connectivity index is 0.000000130. The van der Waals surface area contributed by atoms with Gasteiger partial charge >= 0.3 is 22.7 Å². The van der Waals surface area contributed by atoms with Crippen LogP contribution in [-0.4, -0.2) is 31.1 Å². The lowest BCUT2D eigenvalue weighted by molar-refractivity contribution is -0.0500. The molecule has 422 valence electrons. The maximum atomic E-state index is 12.5. The quantitative estimate of drug-likeness (QED) is 0.0738. The van der Waals surface area contributed by atoms with Gasteiger partial charge in [-0.2, -0.15) is 21.6 Å². The van der Waals surface area contributed by atoms with Crippen LogP contribution in [0.4, 0.5) is 13.2 Å². The van der Waals surface area contributed by atoms with Crippen molar-refractivity contribution >= 4 is 110 Å². The average Bonchev–Trinajstić information content (AvgIpc) is 1.63. The Morgan fingerprint density at radius 3 is 1.06 bits per heavy atom. The lowest BCUT2D eigenvalue weighted by Crippen LogP contribution is -2.31. The molecule has 14 rings (SSSR count). The number of halogens is 3. The van der Waals surface area contributed by atoms with Crippen molar-refractivity contribution < 1.29 is 44.7 Å². The van der Waals surface area contributed by atoms with E-state index in [9.17, 15) is 31.6 Å². The molecule has 0 aliphatic heterocycles. The van der Waals surface area contributed by atoms with Crippen LogP contribution in [-0.2, 0) is 20.9 Å². The molecule has 0 spiro atoms. The summed E-state index contributed by atoms with van der Waals surface area (Å²) in [6, 6.07) is 77.0. The van der Waals surface area contributed by atoms with Crippen LogP contribution in [0.25, 0.3) is 120 Å². The van der Waals surface area contributed by atoms with E-state index in [4.69, 9.17) is 8.83 Å². The van der Waals surface area contributed by atoms with Crippen molar-refractivity contribution in [1.82, 2.24) is 0 Å². The molecule has 2 heterocycles. The molecule has 0 amide bonds. The molecule has 14 aromatic rings. The van der Waals surface area contributed by atoms with Crippen LogP contribution in [0.1, 0.15) is 52.7 Å². The van der Waals surface area contributed by atoms with Crippen LogP contribution in [0, 0.1) is 0 Å². The number of fused-ring (bicyclic) bond motifs is 10. The number of benzene rings is 12. The Kier molecular flexibility index (Phi) is 14.4. The van der Waals surface area contributed by atoms with Crippen molar-refractivity contribution in [2.75, 3.05) is 0 Å². The molecular formula is C73H58BF3O7S. The first-order valence-corrected chi connectivity index (χ1v) is 29.3. The Bertz CT molecular complexity index is 4870. The topological polar surface area (TPSA) is 110 Å². The standard InChI is InChI=1S/C36H28O.C20H15BO2.C17H15F3O4S/c1-36(2,3)25-18-20-33-31(22-25)30-21-24(17-19-32(30)37-33)35-28-15-9-7-13-26(28)34(23-11-5-4-6-12-23)27-14-8-10-16-29(27)35;22-21(23)20-17-12-6-4-10-15(17)19(14-8-2-1-3-9-14)16-11-5-7-13-18(16)20;1-16(2,3)10-4-6-14-12(8-10)13-9-11(5-7-15(13)23-14)24-25(21,22)17(18,19)20/h4-22H,1-3H3;1-13,22-23H;4-9H,1-3H3. The molecule has 0 aliphatic rings. The molecule has 0 bridgehead atoms. The van der Waals surface area contributed by atoms with E-state index in [0.717, 1.165) is 55.5 Å². The molecule has 12 aromatic carbocycles. The predicted octanol–water partition coefficient (Wildman–Crippen LogP) is 19.0. The van der Waals surface area contributed by atoms with E-state index in [1.807, 2.05) is 99.6 Å². The van der Waals surface area contributed by atoms with Crippen LogP contribution >= 0.6 is 0 Å². The van der Waals surface area contributed by atoms with E-state index in [1.54, 1.807) is 6.07 Å². The molecule has 0 atom stereocenters. The van der Waals surface area contributed by atoms with Gasteiger partial charge in [0.15, 0.2) is 0 Å². The van der Waals surface area contributed by atoms with Crippen molar-refractivity contribution in [3.8, 4) is 39.1 Å². The number of hydrogen-bond acceptors (Lipinski definition) is 7. The number of alkyl halides is 3. The van der Waals surface area contributed by atoms with Gasteiger partial charge in [-0.3, -0.25) is 0 Å². The Morgan fingerprint density at radius 1 is 0.365 bits per heavy atom. The maximum absolute atomic E-state index is 12.5. The van der Waals surface area contributed by atoms with E-state index in [1.165, 1.54) is 72.3 Å². The summed E-state index contributed by atoms with van der Waals surface area (Å²) in [6.07, 6.45) is 0. The highest BCUT2D eigenvalue weighted by molar-refractivity contribution is 7.88. The summed E-state index contributed by atoms with van der Waals surface area (Å²) in [5.74, 6) is -0.423. The van der Waals surface area contributed by atoms with E-state index >= 15 is 0 Å². The molecule has 7 nitrogen and oxygen atoms in total. The molecule has 0 fully saturated rings. The largest absolute Gasteiger partial charge is 0.534 e. The second-order valence-corrected chi connectivity index (χ2v) is 24.8. The SMILES string of the molecule is CC(C)(C)c1ccc2oc3ccc(-c4c5ccccc5c(-c5ccccc5)c5ccccc45)cc3c2c1.CC(C)(C)c1ccc2oc3ccc(OS(=O)(=O)C(F)(F)F)cc3c2c1.OB(O)c1c2ccccc2c(-c2ccccc2)c2ccccc12. The van der Waals surface area contributed by atoms with Crippen molar-refractivity contribution in [1.29, 1.82) is 0 Å². The Morgan fingerprint density at radius 2 is 0.682 bits per heavy atom. The van der Waals surface area contributed by atoms with Crippen molar-refractivity contribution in [3.05, 3.63) is 242 Å². The lowest BCUT2D eigenvalue weighted by atomic mass is 9.72. The molecule has 0 aliphatic carbocycles. The van der Waals surface area contributed by atoms with Crippen molar-refractivity contribution in [2.24, 2.45) is 0 Å². The third-order valence-corrected chi connectivity index (χ3v) is 16.7. The summed E-state index contributed by atoms with van der Waals surface area (Å²) in [5.41, 5.74) is 7.47. The summed E-state index contributed by atoms with van der Waals surface area (Å²) in [6.45, 7) is 12.9. The first kappa shape index (κ1) is 56.3. The van der Waals surface area contributed by atoms with Crippen molar-refractivity contribution in [3.63, 3.8) is 0 Å². The van der Waals surface area contributed by atoms with Crippen LogP contribution in [0.15, 0.2) is 239 Å². The molecule has 0 saturated heterocycles. The highest BCUT2D eigenvalue weighted by atomic mass is 32.2. The van der Waals surface area contributed by atoms with Gasteiger partial charge in [0.1, 0.15) is 28.1 Å². The van der Waals surface area contributed by atoms with Crippen LogP contribution < -0.4 is 9.65 Å². The summed E-state index contributed by atoms with van der Waals surface area (Å²) in [4.78, 5) is 0. The van der Waals surface area contributed by atoms with Crippen LogP contribution in [0.3, 0.4) is 0 Å². The van der Waals surface area contributed by atoms with Gasteiger partial charge in [0, 0.05) is 21.5 Å². The van der Waals surface area contributed by atoms with Gasteiger partial charge in [-0.1, -0.05) is 217 Å². The second kappa shape index (κ2) is 21.8. The zero-order valence-corrected chi connectivity index (χ0v) is 48.3. The van der Waals surface area contributed by atoms with Gasteiger partial charge in [0.2, 0.25) is 0 Å². The predicted molar refractivity (Wildman–Crippen MR) is 343 cm³/mol. The lowest BCUT2D eigenvalue weighted by Gasteiger charge is -2.18. The molecule has 2 N–H and O–H groups in total. The first-order valence-electron chi connectivity index (χ1n) is 27.9. The molecule has 85 heavy (non-hydrogen) atoms. The monoisotopic (exact) mass is 1150 g/mol. The molecular weight excluding hydrogens is 1090 g/mol. The Labute approximate surface area is 490 Å². The zero-order valence-electron chi connectivity index (χ0n) is 47.5. The van der Waals surface area contributed by atoms with E-state index < -0.39 is 28.5 Å². The normalized spacial score (nSPS) is 12.3. The number of rotatable bonds is 6. The molecule has 0 saturated carbocycles. The smallest absolute Gasteiger partial charge is 0.456 e. The first-order chi connectivity index (χ1) is 40.6. The van der Waals surface area contributed by atoms with E-state index in [2.05, 4.69) is 152 Å². The summed E-state index contributed by atoms with van der Waals surface area (Å²) < 4.78 is 75.9. The highest BCUT2D eigenvalue weighted by Gasteiger charge is 2.48. The highest BCUT2D eigenvalue weighted by Crippen LogP contribution is 2.46. The average molecular weight is 1150 g/mol. The third-order valence-electron chi connectivity index (χ3n) is 15.7. The minimum Gasteiger partial charge on any atom is -0.456 e. The minimum absolute atomic E-state index is 0.0784. The molecule has 0 unspecified atom stereocenters. The molecule has 0 radical (unpaired) electrons.